The fourth-order valence-electron chi connectivity index (χ4n) is 2.62. The van der Waals surface area contributed by atoms with Crippen LogP contribution >= 0.6 is 0 Å². The van der Waals surface area contributed by atoms with Crippen LogP contribution in [-0.4, -0.2) is 43.0 Å². The van der Waals surface area contributed by atoms with Gasteiger partial charge in [0.05, 0.1) is 18.6 Å². The van der Waals surface area contributed by atoms with Crippen molar-refractivity contribution in [3.63, 3.8) is 0 Å². The van der Waals surface area contributed by atoms with Crippen molar-refractivity contribution in [1.29, 1.82) is 0 Å². The molecule has 1 aliphatic rings. The van der Waals surface area contributed by atoms with Gasteiger partial charge in [0.1, 0.15) is 11.6 Å². The van der Waals surface area contributed by atoms with Gasteiger partial charge in [-0.3, -0.25) is 0 Å². The van der Waals surface area contributed by atoms with E-state index in [4.69, 9.17) is 4.74 Å². The van der Waals surface area contributed by atoms with Gasteiger partial charge in [-0.05, 0) is 37.6 Å². The molecule has 2 N–H and O–H groups in total. The lowest BCUT2D eigenvalue weighted by molar-refractivity contribution is 0.415. The molecule has 8 heteroatoms. The Hall–Kier alpha value is -2.35. The zero-order chi connectivity index (χ0) is 17.2. The van der Waals surface area contributed by atoms with Crippen molar-refractivity contribution in [3.05, 3.63) is 36.0 Å². The summed E-state index contributed by atoms with van der Waals surface area (Å²) in [5, 5.41) is 6.33. The molecule has 1 atom stereocenters. The van der Waals surface area contributed by atoms with E-state index in [0.717, 1.165) is 17.1 Å². The fourth-order valence-corrected chi connectivity index (χ4v) is 4.29. The summed E-state index contributed by atoms with van der Waals surface area (Å²) >= 11 is 0. The largest absolute Gasteiger partial charge is 0.497 e. The molecule has 0 saturated carbocycles. The Morgan fingerprint density at radius 3 is 2.58 bits per heavy atom. The Balaban J connectivity index is 1.73. The van der Waals surface area contributed by atoms with Crippen LogP contribution in [0.15, 0.2) is 30.3 Å². The highest BCUT2D eigenvalue weighted by atomic mass is 32.2. The first kappa shape index (κ1) is 16.5. The van der Waals surface area contributed by atoms with Crippen molar-refractivity contribution in [2.75, 3.05) is 29.2 Å². The third kappa shape index (κ3) is 4.14. The molecule has 1 aromatic carbocycles. The molecule has 0 aliphatic carbocycles. The maximum atomic E-state index is 11.6. The summed E-state index contributed by atoms with van der Waals surface area (Å²) in [6.45, 7) is 1.87. The van der Waals surface area contributed by atoms with Crippen LogP contribution in [0.3, 0.4) is 0 Å². The first-order chi connectivity index (χ1) is 11.4. The number of methoxy groups -OCH3 is 1. The summed E-state index contributed by atoms with van der Waals surface area (Å²) in [4.78, 5) is 8.79. The molecule has 0 bridgehead atoms. The van der Waals surface area contributed by atoms with Gasteiger partial charge in [0.15, 0.2) is 9.84 Å². The van der Waals surface area contributed by atoms with Crippen LogP contribution in [-0.2, 0) is 9.84 Å². The molecule has 2 heterocycles. The second-order valence-electron chi connectivity index (χ2n) is 5.82. The number of benzene rings is 1. The summed E-state index contributed by atoms with van der Waals surface area (Å²) in [7, 11) is -1.31. The van der Waals surface area contributed by atoms with Gasteiger partial charge < -0.3 is 15.4 Å². The van der Waals surface area contributed by atoms with Gasteiger partial charge >= 0.3 is 0 Å². The molecule has 0 spiro atoms. The molecular weight excluding hydrogens is 328 g/mol. The number of nitrogens with one attached hydrogen (secondary N) is 2. The first-order valence-corrected chi connectivity index (χ1v) is 9.49. The van der Waals surface area contributed by atoms with Crippen LogP contribution in [0.2, 0.25) is 0 Å². The molecule has 1 aromatic heterocycles. The zero-order valence-electron chi connectivity index (χ0n) is 13.6. The third-order valence-corrected chi connectivity index (χ3v) is 5.55. The Kier molecular flexibility index (Phi) is 4.57. The summed E-state index contributed by atoms with van der Waals surface area (Å²) in [5.74, 6) is 2.24. The SMILES string of the molecule is COc1ccc(Nc2nc(C)cc(NC3CCS(=O)(=O)C3)n2)cc1. The second kappa shape index (κ2) is 6.64. The number of aryl methyl sites for hydroxylation is 1. The summed E-state index contributed by atoms with van der Waals surface area (Å²) in [5.41, 5.74) is 1.64. The minimum atomic E-state index is -2.92. The molecule has 7 nitrogen and oxygen atoms in total. The molecule has 24 heavy (non-hydrogen) atoms. The Bertz CT molecular complexity index is 822. The first-order valence-electron chi connectivity index (χ1n) is 7.67. The lowest BCUT2D eigenvalue weighted by Crippen LogP contribution is -2.21. The van der Waals surface area contributed by atoms with E-state index in [2.05, 4.69) is 20.6 Å². The monoisotopic (exact) mass is 348 g/mol. The molecule has 1 saturated heterocycles. The van der Waals surface area contributed by atoms with Crippen LogP contribution in [0, 0.1) is 6.92 Å². The van der Waals surface area contributed by atoms with Crippen molar-refractivity contribution >= 4 is 27.3 Å². The van der Waals surface area contributed by atoms with Crippen molar-refractivity contribution in [1.82, 2.24) is 9.97 Å². The molecule has 0 radical (unpaired) electrons. The summed E-state index contributed by atoms with van der Waals surface area (Å²) < 4.78 is 28.3. The number of rotatable bonds is 5. The van der Waals surface area contributed by atoms with Crippen molar-refractivity contribution in [3.8, 4) is 5.75 Å². The topological polar surface area (TPSA) is 93.2 Å². The van der Waals surface area contributed by atoms with Crippen LogP contribution in [0.4, 0.5) is 17.5 Å². The lowest BCUT2D eigenvalue weighted by atomic mass is 10.2. The number of anilines is 3. The van der Waals surface area contributed by atoms with E-state index in [1.165, 1.54) is 0 Å². The van der Waals surface area contributed by atoms with E-state index in [1.54, 1.807) is 7.11 Å². The van der Waals surface area contributed by atoms with Crippen LogP contribution < -0.4 is 15.4 Å². The molecular formula is C16H20N4O3S. The Morgan fingerprint density at radius 2 is 1.96 bits per heavy atom. The van der Waals surface area contributed by atoms with Gasteiger partial charge in [0, 0.05) is 23.5 Å². The average molecular weight is 348 g/mol. The number of ether oxygens (including phenoxy) is 1. The predicted molar refractivity (Wildman–Crippen MR) is 93.7 cm³/mol. The van der Waals surface area contributed by atoms with Gasteiger partial charge in [0.2, 0.25) is 5.95 Å². The number of hydrogen-bond donors (Lipinski definition) is 2. The maximum Gasteiger partial charge on any atom is 0.229 e. The van der Waals surface area contributed by atoms with E-state index in [1.807, 2.05) is 37.3 Å². The summed E-state index contributed by atoms with van der Waals surface area (Å²) in [6, 6.07) is 9.16. The molecule has 128 valence electrons. The van der Waals surface area contributed by atoms with Gasteiger partial charge in [-0.25, -0.2) is 13.4 Å². The van der Waals surface area contributed by atoms with Crippen LogP contribution in [0.1, 0.15) is 12.1 Å². The minimum Gasteiger partial charge on any atom is -0.497 e. The predicted octanol–water partition coefficient (Wildman–Crippen LogP) is 2.14. The van der Waals surface area contributed by atoms with Crippen LogP contribution in [0.5, 0.6) is 5.75 Å². The standard InChI is InChI=1S/C16H20N4O3S/c1-11-9-15(18-13-7-8-24(21,22)10-13)20-16(17-11)19-12-3-5-14(23-2)6-4-12/h3-6,9,13H,7-8,10H2,1-2H3,(H2,17,18,19,20). The van der Waals surface area contributed by atoms with E-state index in [-0.39, 0.29) is 17.5 Å². The average Bonchev–Trinajstić information content (AvgIpc) is 2.86. The van der Waals surface area contributed by atoms with Crippen molar-refractivity contribution < 1.29 is 13.2 Å². The third-order valence-electron chi connectivity index (χ3n) is 3.78. The van der Waals surface area contributed by atoms with Crippen molar-refractivity contribution in [2.45, 2.75) is 19.4 Å². The molecule has 3 rings (SSSR count). The van der Waals surface area contributed by atoms with E-state index in [9.17, 15) is 8.42 Å². The number of aromatic nitrogens is 2. The number of sulfone groups is 1. The zero-order valence-corrected chi connectivity index (χ0v) is 14.4. The van der Waals surface area contributed by atoms with Gasteiger partial charge in [-0.15, -0.1) is 0 Å². The van der Waals surface area contributed by atoms with Gasteiger partial charge in [-0.2, -0.15) is 4.98 Å². The number of nitrogens with zero attached hydrogens (tertiary/aromatic N) is 2. The highest BCUT2D eigenvalue weighted by molar-refractivity contribution is 7.91. The van der Waals surface area contributed by atoms with Crippen molar-refractivity contribution in [2.24, 2.45) is 0 Å². The molecule has 2 aromatic rings. The quantitative estimate of drug-likeness (QED) is 0.855. The van der Waals surface area contributed by atoms with Crippen LogP contribution in [0.25, 0.3) is 0 Å². The minimum absolute atomic E-state index is 0.0989. The highest BCUT2D eigenvalue weighted by Gasteiger charge is 2.28. The smallest absolute Gasteiger partial charge is 0.229 e. The molecule has 1 aliphatic heterocycles. The maximum absolute atomic E-state index is 11.6. The van der Waals surface area contributed by atoms with Gasteiger partial charge in [0.25, 0.3) is 0 Å². The highest BCUT2D eigenvalue weighted by Crippen LogP contribution is 2.21. The molecule has 1 fully saturated rings. The molecule has 1 unspecified atom stereocenters. The fraction of sp³-hybridized carbons (Fsp3) is 0.375. The number of hydrogen-bond acceptors (Lipinski definition) is 7. The second-order valence-corrected chi connectivity index (χ2v) is 8.04. The Morgan fingerprint density at radius 1 is 1.21 bits per heavy atom. The lowest BCUT2D eigenvalue weighted by Gasteiger charge is -2.13. The van der Waals surface area contributed by atoms with Gasteiger partial charge in [-0.1, -0.05) is 0 Å². The van der Waals surface area contributed by atoms with E-state index in [0.29, 0.717) is 18.2 Å². The van der Waals surface area contributed by atoms with E-state index < -0.39 is 9.84 Å². The summed E-state index contributed by atoms with van der Waals surface area (Å²) in [6.07, 6.45) is 0.604. The molecule has 0 amide bonds. The van der Waals surface area contributed by atoms with E-state index >= 15 is 0 Å². The Labute approximate surface area is 141 Å². The normalized spacial score (nSPS) is 19.0.